The second kappa shape index (κ2) is 6.83. The molecule has 1 rings (SSSR count). The quantitative estimate of drug-likeness (QED) is 0.595. The van der Waals surface area contributed by atoms with Gasteiger partial charge in [-0.15, -0.1) is 0 Å². The molecule has 0 heterocycles. The first-order valence-electron chi connectivity index (χ1n) is 5.85. The lowest BCUT2D eigenvalue weighted by Crippen LogP contribution is -2.41. The zero-order valence-corrected chi connectivity index (χ0v) is 10.1. The first-order valence-corrected chi connectivity index (χ1v) is 5.85. The Hall–Kier alpha value is -0.650. The molecule has 2 N–H and O–H groups in total. The maximum atomic E-state index is 11.5. The fourth-order valence-electron chi connectivity index (χ4n) is 1.66. The smallest absolute Gasteiger partial charge is 0.234 e. The van der Waals surface area contributed by atoms with E-state index in [1.165, 1.54) is 20.0 Å². The van der Waals surface area contributed by atoms with Gasteiger partial charge in [0, 0.05) is 19.7 Å². The van der Waals surface area contributed by atoms with Gasteiger partial charge in [-0.3, -0.25) is 9.69 Å². The standard InChI is InChI=1S/C11H22N2O3/c1-3-13(9-4-5-9)7-11(15)12-6-10(14)8-16-2/h9-10,14H,3-8H2,1-2H3,(H,12,15). The van der Waals surface area contributed by atoms with Crippen LogP contribution in [0.5, 0.6) is 0 Å². The fourth-order valence-corrected chi connectivity index (χ4v) is 1.66. The van der Waals surface area contributed by atoms with E-state index in [1.807, 2.05) is 0 Å². The van der Waals surface area contributed by atoms with Gasteiger partial charge in [-0.1, -0.05) is 6.92 Å². The molecule has 1 saturated carbocycles. The highest BCUT2D eigenvalue weighted by atomic mass is 16.5. The summed E-state index contributed by atoms with van der Waals surface area (Å²) in [5.74, 6) is -0.0242. The lowest BCUT2D eigenvalue weighted by molar-refractivity contribution is -0.123. The maximum Gasteiger partial charge on any atom is 0.234 e. The normalized spacial score (nSPS) is 17.5. The van der Waals surface area contributed by atoms with Crippen molar-refractivity contribution in [3.05, 3.63) is 0 Å². The molecule has 0 aromatic carbocycles. The van der Waals surface area contributed by atoms with Gasteiger partial charge in [-0.25, -0.2) is 0 Å². The number of aliphatic hydroxyl groups is 1. The second-order valence-corrected chi connectivity index (χ2v) is 4.21. The Balaban J connectivity index is 2.14. The first-order chi connectivity index (χ1) is 7.67. The molecule has 5 heteroatoms. The molecule has 0 saturated heterocycles. The van der Waals surface area contributed by atoms with E-state index < -0.39 is 6.10 Å². The highest BCUT2D eigenvalue weighted by molar-refractivity contribution is 5.78. The van der Waals surface area contributed by atoms with Crippen LogP contribution in [0, 0.1) is 0 Å². The van der Waals surface area contributed by atoms with Gasteiger partial charge in [0.05, 0.1) is 19.3 Å². The number of hydrogen-bond donors (Lipinski definition) is 2. The molecule has 1 unspecified atom stereocenters. The van der Waals surface area contributed by atoms with Crippen molar-refractivity contribution < 1.29 is 14.6 Å². The molecule has 0 aromatic heterocycles. The van der Waals surface area contributed by atoms with Gasteiger partial charge in [0.2, 0.25) is 5.91 Å². The van der Waals surface area contributed by atoms with Crippen molar-refractivity contribution in [3.8, 4) is 0 Å². The Labute approximate surface area is 96.8 Å². The number of methoxy groups -OCH3 is 1. The van der Waals surface area contributed by atoms with Gasteiger partial charge in [0.25, 0.3) is 0 Å². The summed E-state index contributed by atoms with van der Waals surface area (Å²) in [4.78, 5) is 13.7. The summed E-state index contributed by atoms with van der Waals surface area (Å²) in [5.41, 5.74) is 0. The zero-order valence-electron chi connectivity index (χ0n) is 10.1. The molecule has 0 radical (unpaired) electrons. The van der Waals surface area contributed by atoms with E-state index >= 15 is 0 Å². The van der Waals surface area contributed by atoms with Crippen molar-refractivity contribution in [1.29, 1.82) is 0 Å². The van der Waals surface area contributed by atoms with Gasteiger partial charge in [-0.2, -0.15) is 0 Å². The van der Waals surface area contributed by atoms with Crippen molar-refractivity contribution >= 4 is 5.91 Å². The van der Waals surface area contributed by atoms with E-state index in [-0.39, 0.29) is 19.1 Å². The molecule has 5 nitrogen and oxygen atoms in total. The number of nitrogens with one attached hydrogen (secondary N) is 1. The van der Waals surface area contributed by atoms with Crippen LogP contribution in [0.4, 0.5) is 0 Å². The average molecular weight is 230 g/mol. The lowest BCUT2D eigenvalue weighted by Gasteiger charge is -2.19. The number of rotatable bonds is 8. The molecule has 0 aliphatic heterocycles. The number of carbonyl (C=O) groups excluding carboxylic acids is 1. The summed E-state index contributed by atoms with van der Waals surface area (Å²) < 4.78 is 4.77. The Bertz CT molecular complexity index is 219. The first kappa shape index (κ1) is 13.4. The molecule has 1 aliphatic rings. The molecule has 16 heavy (non-hydrogen) atoms. The molecular weight excluding hydrogens is 208 g/mol. The number of amides is 1. The number of nitrogens with zero attached hydrogens (tertiary/aromatic N) is 1. The van der Waals surface area contributed by atoms with Crippen molar-refractivity contribution in [1.82, 2.24) is 10.2 Å². The summed E-state index contributed by atoms with van der Waals surface area (Å²) in [6.07, 6.45) is 1.78. The topological polar surface area (TPSA) is 61.8 Å². The number of hydrogen-bond acceptors (Lipinski definition) is 4. The minimum absolute atomic E-state index is 0.0242. The monoisotopic (exact) mass is 230 g/mol. The second-order valence-electron chi connectivity index (χ2n) is 4.21. The van der Waals surface area contributed by atoms with E-state index in [0.29, 0.717) is 12.6 Å². The van der Waals surface area contributed by atoms with E-state index in [1.54, 1.807) is 0 Å². The molecular formula is C11H22N2O3. The molecule has 1 atom stereocenters. The summed E-state index contributed by atoms with van der Waals surface area (Å²) in [6.45, 7) is 3.90. The van der Waals surface area contributed by atoms with Crippen LogP contribution in [-0.4, -0.2) is 61.4 Å². The summed E-state index contributed by atoms with van der Waals surface area (Å²) in [6, 6.07) is 0.597. The van der Waals surface area contributed by atoms with Crippen LogP contribution in [-0.2, 0) is 9.53 Å². The number of ether oxygens (including phenoxy) is 1. The highest BCUT2D eigenvalue weighted by Crippen LogP contribution is 2.25. The van der Waals surface area contributed by atoms with Crippen LogP contribution in [0.1, 0.15) is 19.8 Å². The largest absolute Gasteiger partial charge is 0.389 e. The van der Waals surface area contributed by atoms with Crippen molar-refractivity contribution in [2.75, 3.05) is 33.4 Å². The fraction of sp³-hybridized carbons (Fsp3) is 0.909. The average Bonchev–Trinajstić information content (AvgIpc) is 3.07. The Kier molecular flexibility index (Phi) is 5.73. The third-order valence-corrected chi connectivity index (χ3v) is 2.71. The van der Waals surface area contributed by atoms with Crippen molar-refractivity contribution in [2.24, 2.45) is 0 Å². The predicted octanol–water partition coefficient (Wildman–Crippen LogP) is -0.406. The molecule has 94 valence electrons. The minimum Gasteiger partial charge on any atom is -0.389 e. The molecule has 0 bridgehead atoms. The van der Waals surface area contributed by atoms with E-state index in [9.17, 15) is 9.90 Å². The molecule has 1 fully saturated rings. The van der Waals surface area contributed by atoms with Crippen LogP contribution < -0.4 is 5.32 Å². The van der Waals surface area contributed by atoms with Crippen LogP contribution >= 0.6 is 0 Å². The summed E-state index contributed by atoms with van der Waals surface area (Å²) in [5, 5.41) is 12.1. The van der Waals surface area contributed by atoms with Gasteiger partial charge in [0.1, 0.15) is 0 Å². The molecule has 1 aliphatic carbocycles. The minimum atomic E-state index is -0.620. The zero-order chi connectivity index (χ0) is 12.0. The summed E-state index contributed by atoms with van der Waals surface area (Å²) in [7, 11) is 1.52. The number of likely N-dealkylation sites (N-methyl/N-ethyl adjacent to an activating group) is 1. The van der Waals surface area contributed by atoms with Crippen LogP contribution in [0.3, 0.4) is 0 Å². The van der Waals surface area contributed by atoms with Crippen LogP contribution in [0.2, 0.25) is 0 Å². The molecule has 1 amide bonds. The number of carbonyl (C=O) groups is 1. The SMILES string of the molecule is CCN(CC(=O)NCC(O)COC)C1CC1. The number of aliphatic hydroxyl groups excluding tert-OH is 1. The van der Waals surface area contributed by atoms with E-state index in [2.05, 4.69) is 17.1 Å². The Morgan fingerprint density at radius 2 is 2.31 bits per heavy atom. The third-order valence-electron chi connectivity index (χ3n) is 2.71. The Morgan fingerprint density at radius 3 is 2.81 bits per heavy atom. The third kappa shape index (κ3) is 4.92. The maximum absolute atomic E-state index is 11.5. The van der Waals surface area contributed by atoms with Crippen molar-refractivity contribution in [2.45, 2.75) is 31.9 Å². The highest BCUT2D eigenvalue weighted by Gasteiger charge is 2.28. The van der Waals surface area contributed by atoms with Gasteiger partial charge < -0.3 is 15.2 Å². The van der Waals surface area contributed by atoms with Gasteiger partial charge in [0.15, 0.2) is 0 Å². The van der Waals surface area contributed by atoms with E-state index in [4.69, 9.17) is 4.74 Å². The lowest BCUT2D eigenvalue weighted by atomic mass is 10.3. The van der Waals surface area contributed by atoms with Crippen LogP contribution in [0.15, 0.2) is 0 Å². The summed E-state index contributed by atoms with van der Waals surface area (Å²) >= 11 is 0. The van der Waals surface area contributed by atoms with E-state index in [0.717, 1.165) is 6.54 Å². The predicted molar refractivity (Wildman–Crippen MR) is 61.2 cm³/mol. The molecule has 0 spiro atoms. The van der Waals surface area contributed by atoms with Crippen molar-refractivity contribution in [3.63, 3.8) is 0 Å². The van der Waals surface area contributed by atoms with Crippen LogP contribution in [0.25, 0.3) is 0 Å². The Morgan fingerprint density at radius 1 is 1.62 bits per heavy atom. The molecule has 0 aromatic rings. The van der Waals surface area contributed by atoms with Gasteiger partial charge in [-0.05, 0) is 19.4 Å². The van der Waals surface area contributed by atoms with Gasteiger partial charge >= 0.3 is 0 Å².